The van der Waals surface area contributed by atoms with Crippen LogP contribution in [-0.4, -0.2) is 35.9 Å². The van der Waals surface area contributed by atoms with Gasteiger partial charge >= 0.3 is 0 Å². The SMILES string of the molecule is CCN(CC)C1CCCCC1Oc1ccccc1C(C)=O. The van der Waals surface area contributed by atoms with Crippen LogP contribution in [0.4, 0.5) is 0 Å². The van der Waals surface area contributed by atoms with Gasteiger partial charge in [-0.25, -0.2) is 0 Å². The average Bonchev–Trinajstić information content (AvgIpc) is 2.50. The second-order valence-electron chi connectivity index (χ2n) is 5.78. The molecule has 1 aromatic rings. The molecule has 116 valence electrons. The van der Waals surface area contributed by atoms with Crippen molar-refractivity contribution in [1.82, 2.24) is 4.90 Å². The van der Waals surface area contributed by atoms with Crippen LogP contribution in [0.3, 0.4) is 0 Å². The Hall–Kier alpha value is -1.35. The molecular formula is C18H27NO2. The summed E-state index contributed by atoms with van der Waals surface area (Å²) < 4.78 is 6.28. The molecule has 0 bridgehead atoms. The third-order valence-electron chi connectivity index (χ3n) is 4.49. The van der Waals surface area contributed by atoms with E-state index in [0.717, 1.165) is 25.3 Å². The van der Waals surface area contributed by atoms with E-state index in [9.17, 15) is 4.79 Å². The van der Waals surface area contributed by atoms with Gasteiger partial charge < -0.3 is 4.74 Å². The van der Waals surface area contributed by atoms with E-state index >= 15 is 0 Å². The number of likely N-dealkylation sites (N-methyl/N-ethyl adjacent to an activating group) is 1. The highest BCUT2D eigenvalue weighted by Gasteiger charge is 2.30. The summed E-state index contributed by atoms with van der Waals surface area (Å²) in [6.45, 7) is 8.12. The second-order valence-corrected chi connectivity index (χ2v) is 5.78. The van der Waals surface area contributed by atoms with Gasteiger partial charge in [-0.2, -0.15) is 0 Å². The largest absolute Gasteiger partial charge is 0.488 e. The molecule has 3 nitrogen and oxygen atoms in total. The molecule has 2 rings (SSSR count). The maximum atomic E-state index is 11.7. The first kappa shape index (κ1) is 16.0. The Kier molecular flexibility index (Phi) is 5.80. The fourth-order valence-corrected chi connectivity index (χ4v) is 3.35. The first-order chi connectivity index (χ1) is 10.2. The van der Waals surface area contributed by atoms with Crippen molar-refractivity contribution < 1.29 is 9.53 Å². The number of hydrogen-bond acceptors (Lipinski definition) is 3. The van der Waals surface area contributed by atoms with E-state index in [1.165, 1.54) is 19.3 Å². The quantitative estimate of drug-likeness (QED) is 0.743. The minimum Gasteiger partial charge on any atom is -0.488 e. The molecule has 0 spiro atoms. The number of carbonyl (C=O) groups is 1. The number of nitrogens with zero attached hydrogens (tertiary/aromatic N) is 1. The van der Waals surface area contributed by atoms with Gasteiger partial charge in [0.15, 0.2) is 5.78 Å². The Morgan fingerprint density at radius 3 is 2.52 bits per heavy atom. The molecule has 0 N–H and O–H groups in total. The zero-order valence-electron chi connectivity index (χ0n) is 13.5. The Morgan fingerprint density at radius 1 is 1.19 bits per heavy atom. The van der Waals surface area contributed by atoms with Crippen molar-refractivity contribution in [1.29, 1.82) is 0 Å². The van der Waals surface area contributed by atoms with E-state index in [0.29, 0.717) is 11.6 Å². The first-order valence-electron chi connectivity index (χ1n) is 8.18. The third kappa shape index (κ3) is 3.85. The van der Waals surface area contributed by atoms with Gasteiger partial charge in [-0.05, 0) is 51.4 Å². The van der Waals surface area contributed by atoms with E-state index in [1.54, 1.807) is 6.92 Å². The predicted octanol–water partition coefficient (Wildman–Crippen LogP) is 3.92. The lowest BCUT2D eigenvalue weighted by Crippen LogP contribution is -2.47. The number of ether oxygens (including phenoxy) is 1. The van der Waals surface area contributed by atoms with Crippen LogP contribution in [0, 0.1) is 0 Å². The highest BCUT2D eigenvalue weighted by Crippen LogP contribution is 2.29. The van der Waals surface area contributed by atoms with Gasteiger partial charge in [-0.1, -0.05) is 32.4 Å². The van der Waals surface area contributed by atoms with Crippen molar-refractivity contribution >= 4 is 5.78 Å². The summed E-state index contributed by atoms with van der Waals surface area (Å²) >= 11 is 0. The van der Waals surface area contributed by atoms with E-state index in [2.05, 4.69) is 18.7 Å². The van der Waals surface area contributed by atoms with Crippen molar-refractivity contribution in [2.75, 3.05) is 13.1 Å². The zero-order valence-corrected chi connectivity index (χ0v) is 13.5. The zero-order chi connectivity index (χ0) is 15.2. The Morgan fingerprint density at radius 2 is 1.86 bits per heavy atom. The van der Waals surface area contributed by atoms with E-state index in [4.69, 9.17) is 4.74 Å². The fourth-order valence-electron chi connectivity index (χ4n) is 3.35. The lowest BCUT2D eigenvalue weighted by atomic mass is 9.91. The molecule has 1 fully saturated rings. The topological polar surface area (TPSA) is 29.5 Å². The molecule has 0 saturated heterocycles. The molecule has 0 aliphatic heterocycles. The van der Waals surface area contributed by atoms with Gasteiger partial charge in [0.25, 0.3) is 0 Å². The van der Waals surface area contributed by atoms with Gasteiger partial charge in [0.1, 0.15) is 11.9 Å². The number of ketones is 1. The molecule has 0 aromatic heterocycles. The van der Waals surface area contributed by atoms with E-state index < -0.39 is 0 Å². The smallest absolute Gasteiger partial charge is 0.163 e. The molecule has 1 aromatic carbocycles. The summed E-state index contributed by atoms with van der Waals surface area (Å²) in [6.07, 6.45) is 4.95. The summed E-state index contributed by atoms with van der Waals surface area (Å²) in [7, 11) is 0. The Labute approximate surface area is 128 Å². The van der Waals surface area contributed by atoms with Crippen LogP contribution in [0.5, 0.6) is 5.75 Å². The van der Waals surface area contributed by atoms with Gasteiger partial charge in [-0.3, -0.25) is 9.69 Å². The molecule has 0 heterocycles. The second kappa shape index (κ2) is 7.60. The minimum absolute atomic E-state index is 0.0702. The molecule has 2 unspecified atom stereocenters. The van der Waals surface area contributed by atoms with E-state index in [-0.39, 0.29) is 11.9 Å². The highest BCUT2D eigenvalue weighted by molar-refractivity contribution is 5.96. The Balaban J connectivity index is 2.18. The molecular weight excluding hydrogens is 262 g/mol. The predicted molar refractivity (Wildman–Crippen MR) is 86.0 cm³/mol. The molecule has 1 saturated carbocycles. The lowest BCUT2D eigenvalue weighted by Gasteiger charge is -2.39. The third-order valence-corrected chi connectivity index (χ3v) is 4.49. The first-order valence-corrected chi connectivity index (χ1v) is 8.18. The van der Waals surface area contributed by atoms with Crippen LogP contribution < -0.4 is 4.74 Å². The van der Waals surface area contributed by atoms with Crippen molar-refractivity contribution in [3.63, 3.8) is 0 Å². The molecule has 0 radical (unpaired) electrons. The van der Waals surface area contributed by atoms with Crippen LogP contribution in [0.15, 0.2) is 24.3 Å². The maximum absolute atomic E-state index is 11.7. The highest BCUT2D eigenvalue weighted by atomic mass is 16.5. The monoisotopic (exact) mass is 289 g/mol. The average molecular weight is 289 g/mol. The number of carbonyl (C=O) groups excluding carboxylic acids is 1. The lowest BCUT2D eigenvalue weighted by molar-refractivity contribution is 0.0406. The summed E-state index contributed by atoms with van der Waals surface area (Å²) in [5.74, 6) is 0.815. The molecule has 3 heteroatoms. The van der Waals surface area contributed by atoms with Crippen LogP contribution in [0.25, 0.3) is 0 Å². The standard InChI is InChI=1S/C18H27NO2/c1-4-19(5-2)16-11-7-9-13-18(16)21-17-12-8-6-10-15(17)14(3)20/h6,8,10,12,16,18H,4-5,7,9,11,13H2,1-3H3. The van der Waals surface area contributed by atoms with Crippen molar-refractivity contribution in [3.8, 4) is 5.75 Å². The van der Waals surface area contributed by atoms with Crippen molar-refractivity contribution in [2.24, 2.45) is 0 Å². The van der Waals surface area contributed by atoms with E-state index in [1.807, 2.05) is 24.3 Å². The molecule has 1 aliphatic rings. The van der Waals surface area contributed by atoms with Crippen LogP contribution >= 0.6 is 0 Å². The van der Waals surface area contributed by atoms with Gasteiger partial charge in [-0.15, -0.1) is 0 Å². The molecule has 21 heavy (non-hydrogen) atoms. The number of benzene rings is 1. The number of para-hydroxylation sites is 1. The fraction of sp³-hybridized carbons (Fsp3) is 0.611. The van der Waals surface area contributed by atoms with Crippen molar-refractivity contribution in [3.05, 3.63) is 29.8 Å². The van der Waals surface area contributed by atoms with Crippen LogP contribution in [-0.2, 0) is 0 Å². The molecule has 0 amide bonds. The van der Waals surface area contributed by atoms with Crippen LogP contribution in [0.2, 0.25) is 0 Å². The maximum Gasteiger partial charge on any atom is 0.163 e. The minimum atomic E-state index is 0.0702. The molecule has 2 atom stereocenters. The van der Waals surface area contributed by atoms with Gasteiger partial charge in [0, 0.05) is 6.04 Å². The summed E-state index contributed by atoms with van der Waals surface area (Å²) in [6, 6.07) is 8.08. The number of hydrogen-bond donors (Lipinski definition) is 0. The summed E-state index contributed by atoms with van der Waals surface area (Å²) in [5.41, 5.74) is 0.696. The number of Topliss-reactive ketones (excluding diaryl/α,β-unsaturated/α-hetero) is 1. The van der Waals surface area contributed by atoms with Crippen LogP contribution in [0.1, 0.15) is 56.8 Å². The Bertz CT molecular complexity index is 468. The molecule has 1 aliphatic carbocycles. The van der Waals surface area contributed by atoms with Gasteiger partial charge in [0.2, 0.25) is 0 Å². The van der Waals surface area contributed by atoms with Crippen molar-refractivity contribution in [2.45, 2.75) is 58.6 Å². The summed E-state index contributed by atoms with van der Waals surface area (Å²) in [5, 5.41) is 0. The van der Waals surface area contributed by atoms with Gasteiger partial charge in [0.05, 0.1) is 5.56 Å². The summed E-state index contributed by atoms with van der Waals surface area (Å²) in [4.78, 5) is 14.2. The number of rotatable bonds is 6. The normalized spacial score (nSPS) is 22.3.